The maximum atomic E-state index is 5.56. The van der Waals surface area contributed by atoms with E-state index in [-0.39, 0.29) is 5.88 Å². The van der Waals surface area contributed by atoms with Crippen LogP contribution in [-0.2, 0) is 0 Å². The summed E-state index contributed by atoms with van der Waals surface area (Å²) in [6.45, 7) is 5.81. The van der Waals surface area contributed by atoms with Crippen LogP contribution in [0.25, 0.3) is 5.57 Å². The first-order valence-electron chi connectivity index (χ1n) is 4.29. The Labute approximate surface area is 89.1 Å². The zero-order valence-electron chi connectivity index (χ0n) is 8.13. The number of nitrogens with zero attached hydrogens (tertiary/aromatic N) is 1. The van der Waals surface area contributed by atoms with E-state index in [4.69, 9.17) is 17.3 Å². The van der Waals surface area contributed by atoms with Gasteiger partial charge in [-0.05, 0) is 18.6 Å². The van der Waals surface area contributed by atoms with Crippen LogP contribution >= 0.6 is 11.6 Å². The fraction of sp³-hybridized carbons (Fsp3) is 0.182. The van der Waals surface area contributed by atoms with Crippen LogP contribution in [0.1, 0.15) is 12.5 Å². The molecule has 0 atom stereocenters. The van der Waals surface area contributed by atoms with Crippen LogP contribution in [0.4, 0.5) is 5.69 Å². The average molecular weight is 209 g/mol. The lowest BCUT2D eigenvalue weighted by molar-refractivity contribution is 1.42. The lowest BCUT2D eigenvalue weighted by Crippen LogP contribution is -2.12. The van der Waals surface area contributed by atoms with Gasteiger partial charge >= 0.3 is 0 Å². The van der Waals surface area contributed by atoms with Gasteiger partial charge in [0.2, 0.25) is 0 Å². The Hall–Kier alpha value is -1.28. The molecule has 3 heteroatoms. The molecule has 0 radical (unpaired) electrons. The Morgan fingerprint density at radius 2 is 2.14 bits per heavy atom. The van der Waals surface area contributed by atoms with E-state index < -0.39 is 0 Å². The number of alkyl halides is 1. The Kier molecular flexibility index (Phi) is 3.72. The third-order valence-corrected chi connectivity index (χ3v) is 2.04. The van der Waals surface area contributed by atoms with E-state index in [0.29, 0.717) is 5.84 Å². The minimum Gasteiger partial charge on any atom is -0.386 e. The molecule has 14 heavy (non-hydrogen) atoms. The predicted molar refractivity (Wildman–Crippen MR) is 63.2 cm³/mol. The Balaban J connectivity index is 3.14. The van der Waals surface area contributed by atoms with Gasteiger partial charge < -0.3 is 5.73 Å². The number of para-hydroxylation sites is 1. The summed E-state index contributed by atoms with van der Waals surface area (Å²) >= 11 is 5.56. The largest absolute Gasteiger partial charge is 0.386 e. The van der Waals surface area contributed by atoms with Gasteiger partial charge in [-0.15, -0.1) is 11.6 Å². The van der Waals surface area contributed by atoms with E-state index in [1.165, 1.54) is 0 Å². The molecule has 1 aromatic carbocycles. The SMILES string of the molecule is C=C(C)c1ccccc1N=C(N)CCl. The van der Waals surface area contributed by atoms with Gasteiger partial charge in [-0.25, -0.2) is 4.99 Å². The maximum Gasteiger partial charge on any atom is 0.115 e. The minimum atomic E-state index is 0.241. The standard InChI is InChI=1S/C11H13ClN2/c1-8(2)9-5-3-4-6-10(9)14-11(13)7-12/h3-6H,1,7H2,2H3,(H2,13,14). The number of rotatable bonds is 3. The van der Waals surface area contributed by atoms with Gasteiger partial charge in [0.15, 0.2) is 0 Å². The Bertz CT molecular complexity index is 369. The summed E-state index contributed by atoms with van der Waals surface area (Å²) in [6, 6.07) is 7.71. The smallest absolute Gasteiger partial charge is 0.115 e. The molecule has 0 aliphatic rings. The van der Waals surface area contributed by atoms with E-state index in [0.717, 1.165) is 16.8 Å². The van der Waals surface area contributed by atoms with E-state index in [9.17, 15) is 0 Å². The van der Waals surface area contributed by atoms with Crippen LogP contribution in [0.3, 0.4) is 0 Å². The lowest BCUT2D eigenvalue weighted by Gasteiger charge is -2.04. The molecule has 0 unspecified atom stereocenters. The van der Waals surface area contributed by atoms with Crippen molar-refractivity contribution in [3.8, 4) is 0 Å². The second-order valence-electron chi connectivity index (χ2n) is 3.03. The molecule has 0 aromatic heterocycles. The van der Waals surface area contributed by atoms with Crippen molar-refractivity contribution in [1.82, 2.24) is 0 Å². The number of benzene rings is 1. The normalized spacial score (nSPS) is 11.4. The number of aliphatic imine (C=N–C) groups is 1. The number of hydrogen-bond donors (Lipinski definition) is 1. The molecule has 0 fully saturated rings. The molecular weight excluding hydrogens is 196 g/mol. The van der Waals surface area contributed by atoms with E-state index in [1.54, 1.807) is 0 Å². The third kappa shape index (κ3) is 2.60. The monoisotopic (exact) mass is 208 g/mol. The van der Waals surface area contributed by atoms with Crippen LogP contribution in [0.2, 0.25) is 0 Å². The van der Waals surface area contributed by atoms with Crippen molar-refractivity contribution in [2.45, 2.75) is 6.92 Å². The van der Waals surface area contributed by atoms with Crippen molar-refractivity contribution in [1.29, 1.82) is 0 Å². The first-order valence-corrected chi connectivity index (χ1v) is 4.82. The molecule has 0 heterocycles. The van der Waals surface area contributed by atoms with E-state index >= 15 is 0 Å². The zero-order valence-corrected chi connectivity index (χ0v) is 8.88. The summed E-state index contributed by atoms with van der Waals surface area (Å²) in [6.07, 6.45) is 0. The quantitative estimate of drug-likeness (QED) is 0.463. The molecule has 0 saturated heterocycles. The first-order chi connectivity index (χ1) is 6.65. The summed E-state index contributed by atoms with van der Waals surface area (Å²) in [7, 11) is 0. The zero-order chi connectivity index (χ0) is 10.6. The molecule has 2 N–H and O–H groups in total. The fourth-order valence-electron chi connectivity index (χ4n) is 1.12. The predicted octanol–water partition coefficient (Wildman–Crippen LogP) is 2.95. The van der Waals surface area contributed by atoms with Gasteiger partial charge in [0, 0.05) is 5.56 Å². The topological polar surface area (TPSA) is 38.4 Å². The second kappa shape index (κ2) is 4.82. The van der Waals surface area contributed by atoms with Crippen molar-refractivity contribution in [2.24, 2.45) is 10.7 Å². The summed E-state index contributed by atoms with van der Waals surface area (Å²) in [5, 5.41) is 0. The molecule has 0 amide bonds. The van der Waals surface area contributed by atoms with Crippen molar-refractivity contribution >= 4 is 28.7 Å². The van der Waals surface area contributed by atoms with Gasteiger partial charge in [-0.1, -0.05) is 24.8 Å². The highest BCUT2D eigenvalue weighted by Crippen LogP contribution is 2.24. The van der Waals surface area contributed by atoms with Crippen LogP contribution in [0, 0.1) is 0 Å². The fourth-order valence-corrected chi connectivity index (χ4v) is 1.18. The number of amidine groups is 1. The molecule has 0 bridgehead atoms. The van der Waals surface area contributed by atoms with Crippen molar-refractivity contribution in [2.75, 3.05) is 5.88 Å². The van der Waals surface area contributed by atoms with E-state index in [2.05, 4.69) is 11.6 Å². The van der Waals surface area contributed by atoms with Crippen molar-refractivity contribution < 1.29 is 0 Å². The van der Waals surface area contributed by atoms with Gasteiger partial charge in [0.1, 0.15) is 5.84 Å². The van der Waals surface area contributed by atoms with Gasteiger partial charge in [-0.3, -0.25) is 0 Å². The number of halogens is 1. The highest BCUT2D eigenvalue weighted by atomic mass is 35.5. The first kappa shape index (κ1) is 10.8. The maximum absolute atomic E-state index is 5.56. The molecule has 0 aliphatic heterocycles. The highest BCUT2D eigenvalue weighted by Gasteiger charge is 2.00. The number of allylic oxidation sites excluding steroid dienone is 1. The van der Waals surface area contributed by atoms with Gasteiger partial charge in [0.25, 0.3) is 0 Å². The van der Waals surface area contributed by atoms with Crippen LogP contribution in [-0.4, -0.2) is 11.7 Å². The van der Waals surface area contributed by atoms with Crippen LogP contribution in [0.15, 0.2) is 35.8 Å². The number of hydrogen-bond acceptors (Lipinski definition) is 1. The van der Waals surface area contributed by atoms with E-state index in [1.807, 2.05) is 31.2 Å². The molecular formula is C11H13ClN2. The molecule has 0 spiro atoms. The van der Waals surface area contributed by atoms with Crippen LogP contribution in [0.5, 0.6) is 0 Å². The molecule has 74 valence electrons. The van der Waals surface area contributed by atoms with Gasteiger partial charge in [0.05, 0.1) is 11.6 Å². The molecule has 1 rings (SSSR count). The summed E-state index contributed by atoms with van der Waals surface area (Å²) in [4.78, 5) is 4.20. The van der Waals surface area contributed by atoms with Gasteiger partial charge in [-0.2, -0.15) is 0 Å². The molecule has 0 saturated carbocycles. The lowest BCUT2D eigenvalue weighted by atomic mass is 10.1. The minimum absolute atomic E-state index is 0.241. The summed E-state index contributed by atoms with van der Waals surface area (Å²) in [5.74, 6) is 0.658. The molecule has 0 aliphatic carbocycles. The third-order valence-electron chi connectivity index (χ3n) is 1.76. The second-order valence-corrected chi connectivity index (χ2v) is 3.30. The van der Waals surface area contributed by atoms with Crippen LogP contribution < -0.4 is 5.73 Å². The number of nitrogens with two attached hydrogens (primary N) is 1. The molecule has 2 nitrogen and oxygen atoms in total. The van der Waals surface area contributed by atoms with Crippen molar-refractivity contribution in [3.63, 3.8) is 0 Å². The van der Waals surface area contributed by atoms with Crippen molar-refractivity contribution in [3.05, 3.63) is 36.4 Å². The average Bonchev–Trinajstić information content (AvgIpc) is 2.18. The Morgan fingerprint density at radius 1 is 1.50 bits per heavy atom. The Morgan fingerprint density at radius 3 is 2.71 bits per heavy atom. The highest BCUT2D eigenvalue weighted by molar-refractivity contribution is 6.28. The molecule has 1 aromatic rings. The summed E-state index contributed by atoms with van der Waals surface area (Å²) < 4.78 is 0. The summed E-state index contributed by atoms with van der Waals surface area (Å²) in [5.41, 5.74) is 8.35.